The lowest BCUT2D eigenvalue weighted by Gasteiger charge is -2.08. The molecule has 0 radical (unpaired) electrons. The normalized spacial score (nSPS) is 10.3. The maximum Gasteiger partial charge on any atom is 0.255 e. The molecule has 0 aromatic heterocycles. The van der Waals surface area contributed by atoms with Gasteiger partial charge in [0.15, 0.2) is 0 Å². The fourth-order valence-electron chi connectivity index (χ4n) is 1.59. The highest BCUT2D eigenvalue weighted by Gasteiger charge is 2.09. The van der Waals surface area contributed by atoms with Gasteiger partial charge in [-0.15, -0.1) is 0 Å². The summed E-state index contributed by atoms with van der Waals surface area (Å²) in [7, 11) is 0. The van der Waals surface area contributed by atoms with Crippen molar-refractivity contribution < 1.29 is 9.18 Å². The molecule has 2 rings (SSSR count). The van der Waals surface area contributed by atoms with Crippen LogP contribution in [0.5, 0.6) is 0 Å². The zero-order valence-corrected chi connectivity index (χ0v) is 11.0. The lowest BCUT2D eigenvalue weighted by Crippen LogP contribution is -2.12. The van der Waals surface area contributed by atoms with Gasteiger partial charge in [0.25, 0.3) is 5.91 Å². The Kier molecular flexibility index (Phi) is 3.71. The standard InChI is InChI=1S/C14H12ClFN2O/c1-8-6-10(3-5-13(8)17)18-14(19)9-2-4-12(16)11(15)7-9/h2-7H,17H2,1H3,(H,18,19). The topological polar surface area (TPSA) is 55.1 Å². The van der Waals surface area contributed by atoms with Crippen molar-refractivity contribution in [2.45, 2.75) is 6.92 Å². The van der Waals surface area contributed by atoms with Gasteiger partial charge in [-0.1, -0.05) is 11.6 Å². The van der Waals surface area contributed by atoms with Crippen LogP contribution in [0.25, 0.3) is 0 Å². The first-order valence-corrected chi connectivity index (χ1v) is 5.97. The minimum absolute atomic E-state index is 0.0823. The molecule has 0 aliphatic rings. The second kappa shape index (κ2) is 5.28. The molecule has 0 fully saturated rings. The fourth-order valence-corrected chi connectivity index (χ4v) is 1.77. The molecular weight excluding hydrogens is 267 g/mol. The predicted molar refractivity (Wildman–Crippen MR) is 75.0 cm³/mol. The van der Waals surface area contributed by atoms with Gasteiger partial charge < -0.3 is 11.1 Å². The summed E-state index contributed by atoms with van der Waals surface area (Å²) in [6.07, 6.45) is 0. The Hall–Kier alpha value is -2.07. The van der Waals surface area contributed by atoms with Crippen LogP contribution in [-0.2, 0) is 0 Å². The van der Waals surface area contributed by atoms with Crippen molar-refractivity contribution in [3.63, 3.8) is 0 Å². The van der Waals surface area contributed by atoms with Crippen LogP contribution in [0, 0.1) is 12.7 Å². The summed E-state index contributed by atoms with van der Waals surface area (Å²) in [6.45, 7) is 1.85. The van der Waals surface area contributed by atoms with Crippen molar-refractivity contribution in [3.8, 4) is 0 Å². The Bertz CT molecular complexity index is 643. The quantitative estimate of drug-likeness (QED) is 0.824. The third kappa shape index (κ3) is 3.03. The molecule has 0 heterocycles. The first-order chi connectivity index (χ1) is 8.97. The summed E-state index contributed by atoms with van der Waals surface area (Å²) in [5.41, 5.74) is 8.14. The van der Waals surface area contributed by atoms with Crippen LogP contribution in [0.4, 0.5) is 15.8 Å². The van der Waals surface area contributed by atoms with Crippen molar-refractivity contribution in [3.05, 3.63) is 58.4 Å². The number of aryl methyl sites for hydroxylation is 1. The zero-order valence-electron chi connectivity index (χ0n) is 10.2. The molecule has 98 valence electrons. The fraction of sp³-hybridized carbons (Fsp3) is 0.0714. The third-order valence-corrected chi connectivity index (χ3v) is 3.00. The molecule has 3 nitrogen and oxygen atoms in total. The van der Waals surface area contributed by atoms with Crippen LogP contribution in [-0.4, -0.2) is 5.91 Å². The Balaban J connectivity index is 2.20. The molecule has 0 aliphatic carbocycles. The van der Waals surface area contributed by atoms with Gasteiger partial charge in [-0.2, -0.15) is 0 Å². The second-order valence-electron chi connectivity index (χ2n) is 4.15. The first kappa shape index (κ1) is 13.4. The number of benzene rings is 2. The van der Waals surface area contributed by atoms with Crippen molar-refractivity contribution in [1.29, 1.82) is 0 Å². The number of nitrogen functional groups attached to an aromatic ring is 1. The number of hydrogen-bond acceptors (Lipinski definition) is 2. The largest absolute Gasteiger partial charge is 0.399 e. The van der Waals surface area contributed by atoms with E-state index in [-0.39, 0.29) is 10.9 Å². The van der Waals surface area contributed by atoms with E-state index in [0.717, 1.165) is 11.6 Å². The molecule has 3 N–H and O–H groups in total. The SMILES string of the molecule is Cc1cc(NC(=O)c2ccc(F)c(Cl)c2)ccc1N. The van der Waals surface area contributed by atoms with E-state index in [9.17, 15) is 9.18 Å². The van der Waals surface area contributed by atoms with Crippen molar-refractivity contribution in [2.75, 3.05) is 11.1 Å². The number of rotatable bonds is 2. The van der Waals surface area contributed by atoms with Crippen molar-refractivity contribution >= 4 is 28.9 Å². The number of hydrogen-bond donors (Lipinski definition) is 2. The van der Waals surface area contributed by atoms with Gasteiger partial charge in [0.05, 0.1) is 5.02 Å². The minimum Gasteiger partial charge on any atom is -0.399 e. The average molecular weight is 279 g/mol. The highest BCUT2D eigenvalue weighted by atomic mass is 35.5. The van der Waals surface area contributed by atoms with E-state index < -0.39 is 5.82 Å². The molecule has 5 heteroatoms. The maximum absolute atomic E-state index is 13.0. The van der Waals surface area contributed by atoms with Crippen molar-refractivity contribution in [1.82, 2.24) is 0 Å². The summed E-state index contributed by atoms with van der Waals surface area (Å²) in [5, 5.41) is 2.62. The Morgan fingerprint density at radius 2 is 2.00 bits per heavy atom. The minimum atomic E-state index is -0.554. The molecule has 1 amide bonds. The van der Waals surface area contributed by atoms with Crippen LogP contribution in [0.15, 0.2) is 36.4 Å². The summed E-state index contributed by atoms with van der Waals surface area (Å²) in [5.74, 6) is -0.910. The Morgan fingerprint density at radius 1 is 1.26 bits per heavy atom. The Morgan fingerprint density at radius 3 is 2.63 bits per heavy atom. The molecular formula is C14H12ClFN2O. The van der Waals surface area contributed by atoms with Gasteiger partial charge in [0, 0.05) is 16.9 Å². The second-order valence-corrected chi connectivity index (χ2v) is 4.56. The van der Waals surface area contributed by atoms with E-state index in [1.54, 1.807) is 18.2 Å². The maximum atomic E-state index is 13.0. The summed E-state index contributed by atoms with van der Waals surface area (Å²) in [6, 6.07) is 8.99. The van der Waals surface area contributed by atoms with Crippen LogP contribution in [0.2, 0.25) is 5.02 Å². The van der Waals surface area contributed by atoms with Gasteiger partial charge >= 0.3 is 0 Å². The highest BCUT2D eigenvalue weighted by Crippen LogP contribution is 2.19. The number of amides is 1. The number of halogens is 2. The lowest BCUT2D eigenvalue weighted by molar-refractivity contribution is 0.102. The van der Waals surface area contributed by atoms with E-state index in [1.807, 2.05) is 6.92 Å². The van der Waals surface area contributed by atoms with E-state index in [2.05, 4.69) is 5.32 Å². The van der Waals surface area contributed by atoms with Gasteiger partial charge in [-0.05, 0) is 48.9 Å². The number of nitrogens with one attached hydrogen (secondary N) is 1. The van der Waals surface area contributed by atoms with Gasteiger partial charge in [-0.3, -0.25) is 4.79 Å². The van der Waals surface area contributed by atoms with Crippen molar-refractivity contribution in [2.24, 2.45) is 0 Å². The molecule has 2 aromatic carbocycles. The molecule has 0 saturated carbocycles. The Labute approximate surface area is 115 Å². The summed E-state index contributed by atoms with van der Waals surface area (Å²) in [4.78, 5) is 12.0. The summed E-state index contributed by atoms with van der Waals surface area (Å²) >= 11 is 5.64. The molecule has 0 unspecified atom stereocenters. The number of anilines is 2. The summed E-state index contributed by atoms with van der Waals surface area (Å²) < 4.78 is 13.0. The monoisotopic (exact) mass is 278 g/mol. The number of carbonyl (C=O) groups excluding carboxylic acids is 1. The lowest BCUT2D eigenvalue weighted by atomic mass is 10.1. The van der Waals surface area contributed by atoms with Gasteiger partial charge in [0.2, 0.25) is 0 Å². The van der Waals surface area contributed by atoms with E-state index in [0.29, 0.717) is 16.9 Å². The van der Waals surface area contributed by atoms with Gasteiger partial charge in [0.1, 0.15) is 5.82 Å². The zero-order chi connectivity index (χ0) is 14.0. The average Bonchev–Trinajstić information content (AvgIpc) is 2.37. The number of nitrogens with two attached hydrogens (primary N) is 1. The predicted octanol–water partition coefficient (Wildman–Crippen LogP) is 3.62. The van der Waals surface area contributed by atoms with Crippen LogP contribution in [0.1, 0.15) is 15.9 Å². The molecule has 0 atom stereocenters. The molecule has 2 aromatic rings. The van der Waals surface area contributed by atoms with Crippen LogP contribution >= 0.6 is 11.6 Å². The third-order valence-electron chi connectivity index (χ3n) is 2.71. The molecule has 0 bridgehead atoms. The first-order valence-electron chi connectivity index (χ1n) is 5.60. The highest BCUT2D eigenvalue weighted by molar-refractivity contribution is 6.31. The van der Waals surface area contributed by atoms with Crippen LogP contribution in [0.3, 0.4) is 0 Å². The molecule has 0 spiro atoms. The molecule has 0 aliphatic heterocycles. The number of carbonyl (C=O) groups is 1. The van der Waals surface area contributed by atoms with Crippen LogP contribution < -0.4 is 11.1 Å². The molecule has 0 saturated heterocycles. The molecule has 19 heavy (non-hydrogen) atoms. The van der Waals surface area contributed by atoms with E-state index in [1.165, 1.54) is 12.1 Å². The van der Waals surface area contributed by atoms with E-state index >= 15 is 0 Å². The van der Waals surface area contributed by atoms with E-state index in [4.69, 9.17) is 17.3 Å². The van der Waals surface area contributed by atoms with Gasteiger partial charge in [-0.25, -0.2) is 4.39 Å². The smallest absolute Gasteiger partial charge is 0.255 e.